The first kappa shape index (κ1) is 12.9. The first-order valence-corrected chi connectivity index (χ1v) is 6.10. The van der Waals surface area contributed by atoms with Gasteiger partial charge in [-0.3, -0.25) is 9.59 Å². The number of esters is 2. The Bertz CT molecular complexity index is 472. The van der Waals surface area contributed by atoms with E-state index in [1.54, 1.807) is 25.1 Å². The molecule has 0 spiro atoms. The van der Waals surface area contributed by atoms with Gasteiger partial charge in [-0.25, -0.2) is 0 Å². The number of hydrogen-bond donors (Lipinski definition) is 0. The van der Waals surface area contributed by atoms with Gasteiger partial charge in [0.2, 0.25) is 0 Å². The molecule has 5 heteroatoms. The second-order valence-electron chi connectivity index (χ2n) is 4.02. The van der Waals surface area contributed by atoms with Crippen LogP contribution in [0.4, 0.5) is 0 Å². The fourth-order valence-electron chi connectivity index (χ4n) is 2.04. The molecule has 1 fully saturated rings. The van der Waals surface area contributed by atoms with E-state index in [4.69, 9.17) is 21.1 Å². The van der Waals surface area contributed by atoms with Crippen LogP contribution in [0.25, 0.3) is 0 Å². The van der Waals surface area contributed by atoms with Crippen molar-refractivity contribution in [1.82, 2.24) is 0 Å². The van der Waals surface area contributed by atoms with E-state index in [-0.39, 0.29) is 19.1 Å². The van der Waals surface area contributed by atoms with Crippen molar-refractivity contribution >= 4 is 23.5 Å². The molecule has 0 radical (unpaired) electrons. The van der Waals surface area contributed by atoms with Crippen LogP contribution in [0.2, 0.25) is 5.02 Å². The normalized spacial score (nSPS) is 22.7. The Labute approximate surface area is 110 Å². The van der Waals surface area contributed by atoms with Crippen LogP contribution < -0.4 is 0 Å². The summed E-state index contributed by atoms with van der Waals surface area (Å²) in [5.41, 5.74) is 0.811. The van der Waals surface area contributed by atoms with Gasteiger partial charge in [0, 0.05) is 10.9 Å². The van der Waals surface area contributed by atoms with Crippen LogP contribution >= 0.6 is 11.6 Å². The molecular formula is C13H13ClO4. The van der Waals surface area contributed by atoms with Gasteiger partial charge in [-0.15, -0.1) is 0 Å². The Morgan fingerprint density at radius 2 is 2.33 bits per heavy atom. The lowest BCUT2D eigenvalue weighted by atomic mass is 9.88. The standard InChI is InChI=1S/C13H13ClO4/c1-2-17-12(15)11-10(7-18-13(11)16)8-4-3-5-9(14)6-8/h3-6,10-11H,2,7H2,1H3. The molecule has 0 aromatic heterocycles. The van der Waals surface area contributed by atoms with Crippen molar-refractivity contribution < 1.29 is 19.1 Å². The summed E-state index contributed by atoms with van der Waals surface area (Å²) in [6.07, 6.45) is 0. The summed E-state index contributed by atoms with van der Waals surface area (Å²) in [6.45, 7) is 2.13. The summed E-state index contributed by atoms with van der Waals surface area (Å²) >= 11 is 5.91. The molecule has 0 N–H and O–H groups in total. The molecule has 1 heterocycles. The van der Waals surface area contributed by atoms with Gasteiger partial charge in [-0.2, -0.15) is 0 Å². The van der Waals surface area contributed by atoms with E-state index in [1.807, 2.05) is 6.07 Å². The van der Waals surface area contributed by atoms with E-state index in [0.29, 0.717) is 5.02 Å². The molecule has 1 aromatic carbocycles. The molecule has 1 aromatic rings. The van der Waals surface area contributed by atoms with Gasteiger partial charge in [-0.1, -0.05) is 23.7 Å². The van der Waals surface area contributed by atoms with Gasteiger partial charge in [0.25, 0.3) is 0 Å². The molecule has 1 saturated heterocycles. The van der Waals surface area contributed by atoms with Crippen molar-refractivity contribution in [3.05, 3.63) is 34.9 Å². The second-order valence-corrected chi connectivity index (χ2v) is 4.46. The zero-order valence-electron chi connectivity index (χ0n) is 9.89. The minimum Gasteiger partial charge on any atom is -0.465 e. The van der Waals surface area contributed by atoms with Crippen molar-refractivity contribution in [2.45, 2.75) is 12.8 Å². The van der Waals surface area contributed by atoms with Gasteiger partial charge < -0.3 is 9.47 Å². The molecule has 96 valence electrons. The fourth-order valence-corrected chi connectivity index (χ4v) is 2.24. The highest BCUT2D eigenvalue weighted by Gasteiger charge is 2.44. The van der Waals surface area contributed by atoms with E-state index in [9.17, 15) is 9.59 Å². The highest BCUT2D eigenvalue weighted by Crippen LogP contribution is 2.33. The third-order valence-corrected chi connectivity index (χ3v) is 3.11. The molecule has 1 aliphatic heterocycles. The Morgan fingerprint density at radius 3 is 3.00 bits per heavy atom. The van der Waals surface area contributed by atoms with Crippen molar-refractivity contribution in [3.63, 3.8) is 0 Å². The molecule has 0 bridgehead atoms. The molecule has 0 saturated carbocycles. The minimum absolute atomic E-state index is 0.183. The van der Waals surface area contributed by atoms with Crippen LogP contribution in [0, 0.1) is 5.92 Å². The van der Waals surface area contributed by atoms with Gasteiger partial charge in [0.05, 0.1) is 13.2 Å². The maximum atomic E-state index is 11.8. The highest BCUT2D eigenvalue weighted by atomic mass is 35.5. The maximum absolute atomic E-state index is 11.8. The SMILES string of the molecule is CCOC(=O)C1C(=O)OCC1c1cccc(Cl)c1. The quantitative estimate of drug-likeness (QED) is 0.623. The van der Waals surface area contributed by atoms with Crippen molar-refractivity contribution in [2.75, 3.05) is 13.2 Å². The van der Waals surface area contributed by atoms with E-state index in [1.165, 1.54) is 0 Å². The van der Waals surface area contributed by atoms with Crippen LogP contribution in [0.5, 0.6) is 0 Å². The Kier molecular flexibility index (Phi) is 3.87. The summed E-state index contributed by atoms with van der Waals surface area (Å²) < 4.78 is 9.86. The lowest BCUT2D eigenvalue weighted by Gasteiger charge is -2.14. The Balaban J connectivity index is 2.26. The predicted molar refractivity (Wildman–Crippen MR) is 65.3 cm³/mol. The number of hydrogen-bond acceptors (Lipinski definition) is 4. The van der Waals surface area contributed by atoms with Gasteiger partial charge in [0.15, 0.2) is 5.92 Å². The van der Waals surface area contributed by atoms with Crippen LogP contribution in [0.15, 0.2) is 24.3 Å². The van der Waals surface area contributed by atoms with E-state index >= 15 is 0 Å². The number of carbonyl (C=O) groups is 2. The average Bonchev–Trinajstić information content (AvgIpc) is 2.71. The van der Waals surface area contributed by atoms with Gasteiger partial charge in [0.1, 0.15) is 0 Å². The number of cyclic esters (lactones) is 1. The van der Waals surface area contributed by atoms with Crippen LogP contribution in [0.1, 0.15) is 18.4 Å². The van der Waals surface area contributed by atoms with E-state index in [2.05, 4.69) is 0 Å². The number of benzene rings is 1. The highest BCUT2D eigenvalue weighted by molar-refractivity contribution is 6.30. The Hall–Kier alpha value is -1.55. The largest absolute Gasteiger partial charge is 0.465 e. The van der Waals surface area contributed by atoms with Crippen molar-refractivity contribution in [2.24, 2.45) is 5.92 Å². The summed E-state index contributed by atoms with van der Waals surface area (Å²) in [5, 5.41) is 0.564. The third-order valence-electron chi connectivity index (χ3n) is 2.88. The molecular weight excluding hydrogens is 256 g/mol. The van der Waals surface area contributed by atoms with Gasteiger partial charge >= 0.3 is 11.9 Å². The van der Waals surface area contributed by atoms with Gasteiger partial charge in [-0.05, 0) is 24.6 Å². The molecule has 2 unspecified atom stereocenters. The molecule has 2 atom stereocenters. The van der Waals surface area contributed by atoms with E-state index < -0.39 is 17.9 Å². The van der Waals surface area contributed by atoms with Crippen molar-refractivity contribution in [1.29, 1.82) is 0 Å². The lowest BCUT2D eigenvalue weighted by Crippen LogP contribution is -2.26. The predicted octanol–water partition coefficient (Wildman–Crippen LogP) is 2.16. The number of halogens is 1. The Morgan fingerprint density at radius 1 is 1.56 bits per heavy atom. The fraction of sp³-hybridized carbons (Fsp3) is 0.385. The lowest BCUT2D eigenvalue weighted by molar-refractivity contribution is -0.155. The zero-order chi connectivity index (χ0) is 13.1. The topological polar surface area (TPSA) is 52.6 Å². The maximum Gasteiger partial charge on any atom is 0.321 e. The van der Waals surface area contributed by atoms with Crippen LogP contribution in [0.3, 0.4) is 0 Å². The first-order chi connectivity index (χ1) is 8.63. The first-order valence-electron chi connectivity index (χ1n) is 5.72. The summed E-state index contributed by atoms with van der Waals surface area (Å²) in [7, 11) is 0. The summed E-state index contributed by atoms with van der Waals surface area (Å²) in [5.74, 6) is -2.28. The molecule has 0 aliphatic carbocycles. The summed E-state index contributed by atoms with van der Waals surface area (Å²) in [6, 6.07) is 7.08. The summed E-state index contributed by atoms with van der Waals surface area (Å²) in [4.78, 5) is 23.4. The second kappa shape index (κ2) is 5.40. The molecule has 4 nitrogen and oxygen atoms in total. The van der Waals surface area contributed by atoms with Crippen LogP contribution in [-0.4, -0.2) is 25.2 Å². The number of ether oxygens (including phenoxy) is 2. The molecule has 1 aliphatic rings. The molecule has 18 heavy (non-hydrogen) atoms. The smallest absolute Gasteiger partial charge is 0.321 e. The molecule has 2 rings (SSSR count). The number of rotatable bonds is 3. The van der Waals surface area contributed by atoms with Crippen molar-refractivity contribution in [3.8, 4) is 0 Å². The minimum atomic E-state index is -0.886. The zero-order valence-corrected chi connectivity index (χ0v) is 10.6. The van der Waals surface area contributed by atoms with Crippen LogP contribution in [-0.2, 0) is 19.1 Å². The number of carbonyl (C=O) groups excluding carboxylic acids is 2. The third kappa shape index (κ3) is 2.48. The molecule has 0 amide bonds. The monoisotopic (exact) mass is 268 g/mol. The van der Waals surface area contributed by atoms with E-state index in [0.717, 1.165) is 5.56 Å². The average molecular weight is 269 g/mol.